The zero-order valence-corrected chi connectivity index (χ0v) is 7.14. The van der Waals surface area contributed by atoms with Crippen LogP contribution >= 0.6 is 0 Å². The third kappa shape index (κ3) is 1.92. The highest BCUT2D eigenvalue weighted by Crippen LogP contribution is 2.22. The van der Waals surface area contributed by atoms with Crippen molar-refractivity contribution in [1.29, 1.82) is 0 Å². The molecule has 3 nitrogen and oxygen atoms in total. The van der Waals surface area contributed by atoms with Crippen LogP contribution in [0.5, 0.6) is 0 Å². The van der Waals surface area contributed by atoms with Crippen molar-refractivity contribution in [2.45, 2.75) is 37.8 Å². The Labute approximate surface area is 68.0 Å². The average molecular weight is 158 g/mol. The standard InChI is InChI=1S/C8H18N2O/c1-2-7(9)8(11)3-5-10-6-4-8/h7,10-11H,2-6,9H2,1H3. The summed E-state index contributed by atoms with van der Waals surface area (Å²) in [4.78, 5) is 0. The summed E-state index contributed by atoms with van der Waals surface area (Å²) in [6.07, 6.45) is 2.44. The molecule has 1 saturated heterocycles. The summed E-state index contributed by atoms with van der Waals surface area (Å²) < 4.78 is 0. The zero-order chi connectivity index (χ0) is 8.32. The molecule has 1 aliphatic heterocycles. The maximum atomic E-state index is 9.97. The predicted octanol–water partition coefficient (Wildman–Crippen LogP) is -0.162. The SMILES string of the molecule is CCC(N)C1(O)CCNCC1. The Morgan fingerprint density at radius 3 is 2.55 bits per heavy atom. The second-order valence-corrected chi connectivity index (χ2v) is 3.37. The molecule has 4 N–H and O–H groups in total. The Kier molecular flexibility index (Phi) is 2.87. The van der Waals surface area contributed by atoms with Crippen LogP contribution in [0.25, 0.3) is 0 Å². The fourth-order valence-electron chi connectivity index (χ4n) is 1.61. The van der Waals surface area contributed by atoms with Crippen molar-refractivity contribution >= 4 is 0 Å². The summed E-state index contributed by atoms with van der Waals surface area (Å²) in [5.74, 6) is 0. The predicted molar refractivity (Wildman–Crippen MR) is 45.3 cm³/mol. The third-order valence-corrected chi connectivity index (χ3v) is 2.60. The maximum Gasteiger partial charge on any atom is 0.0821 e. The fraction of sp³-hybridized carbons (Fsp3) is 1.00. The fourth-order valence-corrected chi connectivity index (χ4v) is 1.61. The molecule has 1 heterocycles. The van der Waals surface area contributed by atoms with E-state index < -0.39 is 5.60 Å². The molecule has 1 atom stereocenters. The lowest BCUT2D eigenvalue weighted by molar-refractivity contribution is -0.0143. The highest BCUT2D eigenvalue weighted by atomic mass is 16.3. The molecule has 0 radical (unpaired) electrons. The number of hydrogen-bond acceptors (Lipinski definition) is 3. The van der Waals surface area contributed by atoms with E-state index >= 15 is 0 Å². The lowest BCUT2D eigenvalue weighted by atomic mass is 9.84. The van der Waals surface area contributed by atoms with Gasteiger partial charge in [0.2, 0.25) is 0 Å². The summed E-state index contributed by atoms with van der Waals surface area (Å²) in [6.45, 7) is 3.80. The van der Waals surface area contributed by atoms with E-state index in [0.29, 0.717) is 0 Å². The summed E-state index contributed by atoms with van der Waals surface area (Å²) in [5.41, 5.74) is 5.21. The summed E-state index contributed by atoms with van der Waals surface area (Å²) in [5, 5.41) is 13.2. The molecule has 0 amide bonds. The third-order valence-electron chi connectivity index (χ3n) is 2.60. The monoisotopic (exact) mass is 158 g/mol. The van der Waals surface area contributed by atoms with Gasteiger partial charge in [0.15, 0.2) is 0 Å². The van der Waals surface area contributed by atoms with E-state index in [1.165, 1.54) is 0 Å². The van der Waals surface area contributed by atoms with E-state index in [2.05, 4.69) is 5.32 Å². The molecule has 0 aromatic heterocycles. The van der Waals surface area contributed by atoms with Crippen LogP contribution in [0.1, 0.15) is 26.2 Å². The lowest BCUT2D eigenvalue weighted by Gasteiger charge is -2.37. The first-order chi connectivity index (χ1) is 5.19. The van der Waals surface area contributed by atoms with Gasteiger partial charge in [0.25, 0.3) is 0 Å². The van der Waals surface area contributed by atoms with Crippen LogP contribution in [0, 0.1) is 0 Å². The summed E-state index contributed by atoms with van der Waals surface area (Å²) in [6, 6.07) is -0.0513. The van der Waals surface area contributed by atoms with E-state index in [1.54, 1.807) is 0 Å². The van der Waals surface area contributed by atoms with E-state index in [4.69, 9.17) is 5.73 Å². The van der Waals surface area contributed by atoms with Gasteiger partial charge >= 0.3 is 0 Å². The van der Waals surface area contributed by atoms with Gasteiger partial charge in [-0.1, -0.05) is 6.92 Å². The smallest absolute Gasteiger partial charge is 0.0821 e. The van der Waals surface area contributed by atoms with Gasteiger partial charge in [-0.05, 0) is 32.4 Å². The summed E-state index contributed by atoms with van der Waals surface area (Å²) in [7, 11) is 0. The van der Waals surface area contributed by atoms with Crippen LogP contribution in [-0.4, -0.2) is 29.8 Å². The van der Waals surface area contributed by atoms with E-state index in [0.717, 1.165) is 32.4 Å². The molecule has 0 aromatic rings. The maximum absolute atomic E-state index is 9.97. The average Bonchev–Trinajstić information content (AvgIpc) is 2.04. The second-order valence-electron chi connectivity index (χ2n) is 3.37. The quantitative estimate of drug-likeness (QED) is 0.523. The first-order valence-corrected chi connectivity index (χ1v) is 4.38. The van der Waals surface area contributed by atoms with Gasteiger partial charge in [0.05, 0.1) is 5.60 Å². The van der Waals surface area contributed by atoms with Crippen LogP contribution in [0.4, 0.5) is 0 Å². The van der Waals surface area contributed by atoms with Gasteiger partial charge in [-0.25, -0.2) is 0 Å². The second kappa shape index (κ2) is 3.52. The van der Waals surface area contributed by atoms with Crippen molar-refractivity contribution in [1.82, 2.24) is 5.32 Å². The molecular weight excluding hydrogens is 140 g/mol. The molecule has 3 heteroatoms. The van der Waals surface area contributed by atoms with Crippen LogP contribution in [0.3, 0.4) is 0 Å². The van der Waals surface area contributed by atoms with Crippen molar-refractivity contribution in [3.05, 3.63) is 0 Å². The number of aliphatic hydroxyl groups is 1. The first kappa shape index (κ1) is 8.97. The van der Waals surface area contributed by atoms with Gasteiger partial charge in [-0.2, -0.15) is 0 Å². The van der Waals surface area contributed by atoms with Crippen molar-refractivity contribution in [2.75, 3.05) is 13.1 Å². The molecule has 0 saturated carbocycles. The van der Waals surface area contributed by atoms with Gasteiger partial charge in [0, 0.05) is 6.04 Å². The molecule has 0 bridgehead atoms. The Morgan fingerprint density at radius 1 is 1.55 bits per heavy atom. The van der Waals surface area contributed by atoms with Crippen LogP contribution < -0.4 is 11.1 Å². The number of rotatable bonds is 2. The van der Waals surface area contributed by atoms with E-state index in [9.17, 15) is 5.11 Å². The van der Waals surface area contributed by atoms with Crippen LogP contribution in [0.15, 0.2) is 0 Å². The Morgan fingerprint density at radius 2 is 2.09 bits per heavy atom. The van der Waals surface area contributed by atoms with Crippen molar-refractivity contribution < 1.29 is 5.11 Å². The minimum absolute atomic E-state index is 0.0513. The highest BCUT2D eigenvalue weighted by molar-refractivity contribution is 4.92. The zero-order valence-electron chi connectivity index (χ0n) is 7.14. The van der Waals surface area contributed by atoms with Gasteiger partial charge < -0.3 is 16.2 Å². The number of nitrogens with two attached hydrogens (primary N) is 1. The molecule has 1 aliphatic rings. The van der Waals surface area contributed by atoms with Crippen molar-refractivity contribution in [3.8, 4) is 0 Å². The topological polar surface area (TPSA) is 58.3 Å². The molecule has 1 unspecified atom stereocenters. The van der Waals surface area contributed by atoms with E-state index in [-0.39, 0.29) is 6.04 Å². The number of piperidine rings is 1. The Bertz CT molecular complexity index is 121. The van der Waals surface area contributed by atoms with Crippen LogP contribution in [-0.2, 0) is 0 Å². The molecule has 0 aromatic carbocycles. The molecule has 0 spiro atoms. The Hall–Kier alpha value is -0.120. The minimum atomic E-state index is -0.597. The van der Waals surface area contributed by atoms with Crippen LogP contribution in [0.2, 0.25) is 0 Å². The number of hydrogen-bond donors (Lipinski definition) is 3. The minimum Gasteiger partial charge on any atom is -0.388 e. The molecule has 0 aliphatic carbocycles. The molecular formula is C8H18N2O. The first-order valence-electron chi connectivity index (χ1n) is 4.38. The summed E-state index contributed by atoms with van der Waals surface area (Å²) >= 11 is 0. The lowest BCUT2D eigenvalue weighted by Crippen LogP contribution is -2.53. The van der Waals surface area contributed by atoms with Crippen molar-refractivity contribution in [2.24, 2.45) is 5.73 Å². The van der Waals surface area contributed by atoms with Crippen molar-refractivity contribution in [3.63, 3.8) is 0 Å². The molecule has 66 valence electrons. The number of nitrogens with one attached hydrogen (secondary N) is 1. The normalized spacial score (nSPS) is 26.5. The molecule has 1 fully saturated rings. The largest absolute Gasteiger partial charge is 0.388 e. The molecule has 11 heavy (non-hydrogen) atoms. The van der Waals surface area contributed by atoms with Gasteiger partial charge in [-0.3, -0.25) is 0 Å². The van der Waals surface area contributed by atoms with E-state index in [1.807, 2.05) is 6.92 Å². The van der Waals surface area contributed by atoms with Gasteiger partial charge in [0.1, 0.15) is 0 Å². The highest BCUT2D eigenvalue weighted by Gasteiger charge is 2.34. The molecule has 1 rings (SSSR count). The Balaban J connectivity index is 2.49. The van der Waals surface area contributed by atoms with Gasteiger partial charge in [-0.15, -0.1) is 0 Å².